The summed E-state index contributed by atoms with van der Waals surface area (Å²) < 4.78 is 11.6. The first kappa shape index (κ1) is 15.5. The molecule has 0 unspecified atom stereocenters. The smallest absolute Gasteiger partial charge is 0.274 e. The number of halogens is 2. The van der Waals surface area contributed by atoms with Gasteiger partial charge in [0.2, 0.25) is 5.88 Å². The molecule has 2 heterocycles. The van der Waals surface area contributed by atoms with Gasteiger partial charge in [-0.2, -0.15) is 4.98 Å². The fourth-order valence-corrected chi connectivity index (χ4v) is 3.64. The van der Waals surface area contributed by atoms with Gasteiger partial charge in [0.05, 0.1) is 24.6 Å². The average molecular weight is 400 g/mol. The minimum absolute atomic E-state index is 0.457. The van der Waals surface area contributed by atoms with Gasteiger partial charge in [-0.05, 0) is 24.3 Å². The Morgan fingerprint density at radius 2 is 2.00 bits per heavy atom. The Morgan fingerprint density at radius 1 is 1.18 bits per heavy atom. The third-order valence-corrected chi connectivity index (χ3v) is 5.10. The summed E-state index contributed by atoms with van der Waals surface area (Å²) in [4.78, 5) is 9.63. The zero-order chi connectivity index (χ0) is 15.7. The van der Waals surface area contributed by atoms with Gasteiger partial charge in [-0.1, -0.05) is 38.9 Å². The van der Waals surface area contributed by atoms with E-state index in [1.807, 2.05) is 18.2 Å². The Bertz CT molecular complexity index is 838. The SMILES string of the molecule is COc1nc(Cl)c(Cc2cc3cc(Br)ccc3nc2OC)s1. The van der Waals surface area contributed by atoms with Crippen molar-refractivity contribution in [1.29, 1.82) is 0 Å². The van der Waals surface area contributed by atoms with E-state index in [1.165, 1.54) is 11.3 Å². The maximum atomic E-state index is 6.16. The molecule has 0 N–H and O–H groups in total. The Labute approximate surface area is 145 Å². The lowest BCUT2D eigenvalue weighted by Crippen LogP contribution is -1.97. The van der Waals surface area contributed by atoms with Crippen molar-refractivity contribution in [1.82, 2.24) is 9.97 Å². The van der Waals surface area contributed by atoms with Gasteiger partial charge in [0.1, 0.15) is 5.15 Å². The number of nitrogens with zero attached hydrogens (tertiary/aromatic N) is 2. The summed E-state index contributed by atoms with van der Waals surface area (Å²) in [6.07, 6.45) is 0.596. The molecule has 0 saturated carbocycles. The summed E-state index contributed by atoms with van der Waals surface area (Å²) in [7, 11) is 3.19. The number of thiazole rings is 1. The molecule has 3 rings (SSSR count). The first-order valence-electron chi connectivity index (χ1n) is 6.43. The molecule has 4 nitrogen and oxygen atoms in total. The van der Waals surface area contributed by atoms with Crippen LogP contribution in [0.1, 0.15) is 10.4 Å². The predicted molar refractivity (Wildman–Crippen MR) is 92.5 cm³/mol. The molecule has 7 heteroatoms. The van der Waals surface area contributed by atoms with E-state index in [4.69, 9.17) is 21.1 Å². The Balaban J connectivity index is 2.06. The van der Waals surface area contributed by atoms with Gasteiger partial charge < -0.3 is 9.47 Å². The third-order valence-electron chi connectivity index (χ3n) is 3.17. The third kappa shape index (κ3) is 3.04. The van der Waals surface area contributed by atoms with E-state index < -0.39 is 0 Å². The molecule has 0 amide bonds. The molecule has 2 aromatic heterocycles. The zero-order valence-corrected chi connectivity index (χ0v) is 15.1. The zero-order valence-electron chi connectivity index (χ0n) is 11.9. The predicted octanol–water partition coefficient (Wildman–Crippen LogP) is 4.72. The lowest BCUT2D eigenvalue weighted by atomic mass is 10.1. The normalized spacial score (nSPS) is 10.9. The fourth-order valence-electron chi connectivity index (χ4n) is 2.16. The van der Waals surface area contributed by atoms with Gasteiger partial charge in [-0.15, -0.1) is 0 Å². The highest BCUT2D eigenvalue weighted by Crippen LogP contribution is 2.33. The summed E-state index contributed by atoms with van der Waals surface area (Å²) in [5.74, 6) is 0.596. The number of rotatable bonds is 4. The number of ether oxygens (including phenoxy) is 2. The van der Waals surface area contributed by atoms with E-state index in [0.29, 0.717) is 22.6 Å². The van der Waals surface area contributed by atoms with Crippen LogP contribution in [0, 0.1) is 0 Å². The monoisotopic (exact) mass is 398 g/mol. The molecule has 0 spiro atoms. The van der Waals surface area contributed by atoms with Crippen molar-refractivity contribution in [3.05, 3.63) is 44.3 Å². The first-order chi connectivity index (χ1) is 10.6. The first-order valence-corrected chi connectivity index (χ1v) is 8.42. The molecule has 0 aliphatic rings. The van der Waals surface area contributed by atoms with Crippen LogP contribution in [0.5, 0.6) is 11.1 Å². The molecular formula is C15H12BrClN2O2S. The molecular weight excluding hydrogens is 388 g/mol. The number of methoxy groups -OCH3 is 2. The summed E-state index contributed by atoms with van der Waals surface area (Å²) in [6, 6.07) is 8.00. The largest absolute Gasteiger partial charge is 0.481 e. The Hall–Kier alpha value is -1.37. The van der Waals surface area contributed by atoms with E-state index >= 15 is 0 Å². The lowest BCUT2D eigenvalue weighted by molar-refractivity contribution is 0.395. The van der Waals surface area contributed by atoms with Gasteiger partial charge in [0, 0.05) is 21.8 Å². The van der Waals surface area contributed by atoms with E-state index in [2.05, 4.69) is 32.0 Å². The highest BCUT2D eigenvalue weighted by molar-refractivity contribution is 9.10. The van der Waals surface area contributed by atoms with E-state index in [0.717, 1.165) is 25.8 Å². The van der Waals surface area contributed by atoms with Crippen LogP contribution in [0.2, 0.25) is 5.15 Å². The number of hydrogen-bond acceptors (Lipinski definition) is 5. The number of aromatic nitrogens is 2. The molecule has 0 fully saturated rings. The molecule has 0 atom stereocenters. The van der Waals surface area contributed by atoms with Crippen LogP contribution < -0.4 is 9.47 Å². The average Bonchev–Trinajstić information content (AvgIpc) is 2.87. The van der Waals surface area contributed by atoms with Crippen molar-refractivity contribution >= 4 is 49.8 Å². The van der Waals surface area contributed by atoms with Crippen molar-refractivity contribution in [3.8, 4) is 11.1 Å². The van der Waals surface area contributed by atoms with E-state index in [1.54, 1.807) is 14.2 Å². The van der Waals surface area contributed by atoms with Gasteiger partial charge in [0.25, 0.3) is 5.19 Å². The molecule has 114 valence electrons. The second-order valence-electron chi connectivity index (χ2n) is 4.57. The second kappa shape index (κ2) is 6.40. The van der Waals surface area contributed by atoms with Crippen LogP contribution in [0.25, 0.3) is 10.9 Å². The molecule has 3 aromatic rings. The molecule has 0 radical (unpaired) electrons. The maximum absolute atomic E-state index is 6.16. The van der Waals surface area contributed by atoms with Crippen LogP contribution in [0.15, 0.2) is 28.7 Å². The molecule has 1 aromatic carbocycles. The topological polar surface area (TPSA) is 44.2 Å². The molecule has 0 bridgehead atoms. The summed E-state index contributed by atoms with van der Waals surface area (Å²) in [5, 5.41) is 2.05. The molecule has 0 aliphatic heterocycles. The van der Waals surface area contributed by atoms with Crippen molar-refractivity contribution in [3.63, 3.8) is 0 Å². The van der Waals surface area contributed by atoms with Gasteiger partial charge in [0.15, 0.2) is 0 Å². The lowest BCUT2D eigenvalue weighted by Gasteiger charge is -2.09. The van der Waals surface area contributed by atoms with Crippen LogP contribution in [-0.2, 0) is 6.42 Å². The molecule has 0 saturated heterocycles. The molecule has 0 aliphatic carbocycles. The van der Waals surface area contributed by atoms with E-state index in [9.17, 15) is 0 Å². The summed E-state index contributed by atoms with van der Waals surface area (Å²) in [5.41, 5.74) is 1.85. The highest BCUT2D eigenvalue weighted by atomic mass is 79.9. The van der Waals surface area contributed by atoms with Crippen LogP contribution in [0.3, 0.4) is 0 Å². The van der Waals surface area contributed by atoms with Crippen molar-refractivity contribution in [2.75, 3.05) is 14.2 Å². The number of benzene rings is 1. The van der Waals surface area contributed by atoms with Crippen molar-refractivity contribution < 1.29 is 9.47 Å². The van der Waals surface area contributed by atoms with Gasteiger partial charge in [-0.25, -0.2) is 4.98 Å². The number of hydrogen-bond donors (Lipinski definition) is 0. The van der Waals surface area contributed by atoms with E-state index in [-0.39, 0.29) is 0 Å². The van der Waals surface area contributed by atoms with Crippen molar-refractivity contribution in [2.24, 2.45) is 0 Å². The summed E-state index contributed by atoms with van der Waals surface area (Å²) >= 11 is 11.1. The number of pyridine rings is 1. The van der Waals surface area contributed by atoms with Crippen molar-refractivity contribution in [2.45, 2.75) is 6.42 Å². The highest BCUT2D eigenvalue weighted by Gasteiger charge is 2.14. The maximum Gasteiger partial charge on any atom is 0.274 e. The van der Waals surface area contributed by atoms with Gasteiger partial charge >= 0.3 is 0 Å². The van der Waals surface area contributed by atoms with Crippen LogP contribution in [-0.4, -0.2) is 24.2 Å². The fraction of sp³-hybridized carbons (Fsp3) is 0.200. The second-order valence-corrected chi connectivity index (χ2v) is 6.89. The Morgan fingerprint density at radius 3 is 2.68 bits per heavy atom. The minimum Gasteiger partial charge on any atom is -0.481 e. The van der Waals surface area contributed by atoms with Gasteiger partial charge in [-0.3, -0.25) is 0 Å². The quantitative estimate of drug-likeness (QED) is 0.637. The Kier molecular flexibility index (Phi) is 4.52. The molecule has 22 heavy (non-hydrogen) atoms. The minimum atomic E-state index is 0.457. The van der Waals surface area contributed by atoms with Crippen LogP contribution >= 0.6 is 38.9 Å². The van der Waals surface area contributed by atoms with Crippen LogP contribution in [0.4, 0.5) is 0 Å². The summed E-state index contributed by atoms with van der Waals surface area (Å²) in [6.45, 7) is 0. The number of fused-ring (bicyclic) bond motifs is 1. The standard InChI is InChI=1S/C15H12BrClN2O2S/c1-20-14-9(7-12-13(17)19-15(21-2)22-12)5-8-6-10(16)3-4-11(8)18-14/h3-6H,7H2,1-2H3.